The van der Waals surface area contributed by atoms with Crippen molar-refractivity contribution in [2.45, 2.75) is 32.1 Å². The number of thiazole rings is 1. The van der Waals surface area contributed by atoms with Gasteiger partial charge in [-0.3, -0.25) is 4.79 Å². The Bertz CT molecular complexity index is 1390. The van der Waals surface area contributed by atoms with Gasteiger partial charge in [-0.15, -0.1) is 21.5 Å². The summed E-state index contributed by atoms with van der Waals surface area (Å²) < 4.78 is 20.1. The van der Waals surface area contributed by atoms with Crippen LogP contribution in [0.15, 0.2) is 40.8 Å². The van der Waals surface area contributed by atoms with E-state index >= 15 is 0 Å². The van der Waals surface area contributed by atoms with E-state index in [4.69, 9.17) is 21.3 Å². The fourth-order valence-corrected chi connectivity index (χ4v) is 4.94. The highest BCUT2D eigenvalue weighted by atomic mass is 35.5. The van der Waals surface area contributed by atoms with Gasteiger partial charge in [-0.1, -0.05) is 23.7 Å². The molecule has 0 amide bonds. The summed E-state index contributed by atoms with van der Waals surface area (Å²) in [6, 6.07) is 12.3. The lowest BCUT2D eigenvalue weighted by molar-refractivity contribution is -0.119. The molecular formula is C23H16ClFN4O2S. The molecule has 2 heterocycles. The molecule has 1 fully saturated rings. The maximum atomic E-state index is 13.6. The Morgan fingerprint density at radius 2 is 2.03 bits per heavy atom. The molecule has 1 aliphatic carbocycles. The van der Waals surface area contributed by atoms with Crippen molar-refractivity contribution in [1.82, 2.24) is 15.2 Å². The maximum absolute atomic E-state index is 13.6. The van der Waals surface area contributed by atoms with Gasteiger partial charge >= 0.3 is 0 Å². The Hall–Kier alpha value is -3.15. The molecule has 0 saturated heterocycles. The molecule has 0 aliphatic heterocycles. The first-order valence-corrected chi connectivity index (χ1v) is 11.2. The third-order valence-electron chi connectivity index (χ3n) is 5.44. The van der Waals surface area contributed by atoms with E-state index < -0.39 is 5.41 Å². The molecule has 1 saturated carbocycles. The molecule has 5 rings (SSSR count). The van der Waals surface area contributed by atoms with E-state index in [1.807, 2.05) is 12.1 Å². The van der Waals surface area contributed by atoms with Crippen LogP contribution in [0, 0.1) is 22.6 Å². The van der Waals surface area contributed by atoms with E-state index in [1.54, 1.807) is 12.1 Å². The highest BCUT2D eigenvalue weighted by Gasteiger charge is 2.44. The van der Waals surface area contributed by atoms with Crippen molar-refractivity contribution in [3.05, 3.63) is 64.0 Å². The normalized spacial score (nSPS) is 14.4. The monoisotopic (exact) mass is 466 g/mol. The highest BCUT2D eigenvalue weighted by Crippen LogP contribution is 2.48. The molecule has 2 aromatic heterocycles. The minimum atomic E-state index is -0.482. The van der Waals surface area contributed by atoms with E-state index in [-0.39, 0.29) is 30.3 Å². The topological polar surface area (TPSA) is 92.7 Å². The minimum Gasteiger partial charge on any atom is -0.424 e. The standard InChI is InChI=1S/C23H16ClFN4O2S/c24-17-7-14(13-2-1-3-15(25)6-13)8-18-22(17)27-21(32-18)10-20-29-28-19(31-20)9-16(30)11-23(12-26)4-5-23/h1-3,6-8H,4-5,9-11H2. The number of hydrogen-bond donors (Lipinski definition) is 0. The molecule has 0 spiro atoms. The Balaban J connectivity index is 1.32. The van der Waals surface area contributed by atoms with Gasteiger partial charge in [0.05, 0.1) is 34.0 Å². The van der Waals surface area contributed by atoms with E-state index in [1.165, 1.54) is 23.5 Å². The largest absolute Gasteiger partial charge is 0.424 e. The van der Waals surface area contributed by atoms with Gasteiger partial charge in [0.1, 0.15) is 22.1 Å². The van der Waals surface area contributed by atoms with Crippen LogP contribution < -0.4 is 0 Å². The number of rotatable bonds is 7. The number of benzene rings is 2. The minimum absolute atomic E-state index is 0.0269. The molecule has 1 aliphatic rings. The van der Waals surface area contributed by atoms with Crippen molar-refractivity contribution >= 4 is 38.9 Å². The molecule has 6 nitrogen and oxygen atoms in total. The van der Waals surface area contributed by atoms with Gasteiger partial charge in [0, 0.05) is 6.42 Å². The lowest BCUT2D eigenvalue weighted by Gasteiger charge is -2.03. The van der Waals surface area contributed by atoms with Gasteiger partial charge in [0.25, 0.3) is 0 Å². The first-order valence-electron chi connectivity index (χ1n) is 10.0. The number of nitriles is 1. The average Bonchev–Trinajstić information content (AvgIpc) is 3.19. The molecule has 2 aromatic carbocycles. The van der Waals surface area contributed by atoms with Crippen LogP contribution in [-0.4, -0.2) is 21.0 Å². The molecular weight excluding hydrogens is 451 g/mol. The Morgan fingerprint density at radius 3 is 2.78 bits per heavy atom. The zero-order valence-corrected chi connectivity index (χ0v) is 18.3. The summed E-state index contributed by atoms with van der Waals surface area (Å²) in [5.74, 6) is 0.214. The van der Waals surface area contributed by atoms with E-state index in [0.717, 1.165) is 33.7 Å². The molecule has 0 unspecified atom stereocenters. The Morgan fingerprint density at radius 1 is 1.22 bits per heavy atom. The second kappa shape index (κ2) is 8.08. The van der Waals surface area contributed by atoms with Crippen LogP contribution in [-0.2, 0) is 17.6 Å². The van der Waals surface area contributed by atoms with Crippen LogP contribution in [0.4, 0.5) is 4.39 Å². The molecule has 4 aromatic rings. The van der Waals surface area contributed by atoms with Crippen molar-refractivity contribution in [2.75, 3.05) is 0 Å². The van der Waals surface area contributed by atoms with Gasteiger partial charge < -0.3 is 4.42 Å². The second-order valence-corrected chi connectivity index (χ2v) is 9.50. The van der Waals surface area contributed by atoms with Crippen molar-refractivity contribution in [2.24, 2.45) is 5.41 Å². The lowest BCUT2D eigenvalue weighted by atomic mass is 10.00. The fraction of sp³-hybridized carbons (Fsp3) is 0.261. The second-order valence-electron chi connectivity index (χ2n) is 7.97. The third kappa shape index (κ3) is 4.27. The van der Waals surface area contributed by atoms with E-state index in [0.29, 0.717) is 22.9 Å². The summed E-state index contributed by atoms with van der Waals surface area (Å²) in [5.41, 5.74) is 1.72. The van der Waals surface area contributed by atoms with E-state index in [9.17, 15) is 9.18 Å². The fourth-order valence-electron chi connectivity index (χ4n) is 3.59. The zero-order valence-electron chi connectivity index (χ0n) is 16.8. The Labute approximate surface area is 191 Å². The summed E-state index contributed by atoms with van der Waals surface area (Å²) in [4.78, 5) is 16.8. The van der Waals surface area contributed by atoms with E-state index in [2.05, 4.69) is 21.3 Å². The first-order chi connectivity index (χ1) is 15.4. The van der Waals surface area contributed by atoms with Gasteiger partial charge in [-0.05, 0) is 48.2 Å². The highest BCUT2D eigenvalue weighted by molar-refractivity contribution is 7.18. The van der Waals surface area contributed by atoms with Crippen molar-refractivity contribution in [3.8, 4) is 17.2 Å². The molecule has 0 atom stereocenters. The lowest BCUT2D eigenvalue weighted by Crippen LogP contribution is -2.10. The van der Waals surface area contributed by atoms with Crippen molar-refractivity contribution in [1.29, 1.82) is 5.26 Å². The quantitative estimate of drug-likeness (QED) is 0.355. The maximum Gasteiger partial charge on any atom is 0.223 e. The number of aromatic nitrogens is 3. The van der Waals surface area contributed by atoms with Crippen LogP contribution in [0.3, 0.4) is 0 Å². The van der Waals surface area contributed by atoms with Crippen LogP contribution >= 0.6 is 22.9 Å². The first kappa shape index (κ1) is 20.7. The summed E-state index contributed by atoms with van der Waals surface area (Å²) >= 11 is 7.88. The predicted molar refractivity (Wildman–Crippen MR) is 118 cm³/mol. The molecule has 0 N–H and O–H groups in total. The van der Waals surface area contributed by atoms with Gasteiger partial charge in [-0.2, -0.15) is 5.26 Å². The van der Waals surface area contributed by atoms with Crippen molar-refractivity contribution in [3.63, 3.8) is 0 Å². The number of hydrogen-bond acceptors (Lipinski definition) is 7. The molecule has 0 bridgehead atoms. The van der Waals surface area contributed by atoms with Gasteiger partial charge in [-0.25, -0.2) is 9.37 Å². The summed E-state index contributed by atoms with van der Waals surface area (Å²) in [6.45, 7) is 0. The summed E-state index contributed by atoms with van der Waals surface area (Å²) in [5, 5.41) is 18.3. The number of Topliss-reactive ketones (excluding diaryl/α,β-unsaturated/α-hetero) is 1. The summed E-state index contributed by atoms with van der Waals surface area (Å²) in [7, 11) is 0. The SMILES string of the molecule is N#CC1(CC(=O)Cc2nnc(Cc3nc4c(Cl)cc(-c5cccc(F)c5)cc4s3)o2)CC1. The number of carbonyl (C=O) groups is 1. The number of carbonyl (C=O) groups excluding carboxylic acids is 1. The molecule has 9 heteroatoms. The smallest absolute Gasteiger partial charge is 0.223 e. The predicted octanol–water partition coefficient (Wildman–Crippen LogP) is 5.54. The third-order valence-corrected chi connectivity index (χ3v) is 6.73. The molecule has 160 valence electrons. The number of ketones is 1. The molecule has 0 radical (unpaired) electrons. The van der Waals surface area contributed by atoms with Crippen LogP contribution in [0.25, 0.3) is 21.3 Å². The average molecular weight is 467 g/mol. The zero-order chi connectivity index (χ0) is 22.3. The number of fused-ring (bicyclic) bond motifs is 1. The van der Waals surface area contributed by atoms with Crippen LogP contribution in [0.5, 0.6) is 0 Å². The van der Waals surface area contributed by atoms with Crippen molar-refractivity contribution < 1.29 is 13.6 Å². The van der Waals surface area contributed by atoms with Gasteiger partial charge in [0.15, 0.2) is 0 Å². The van der Waals surface area contributed by atoms with Crippen LogP contribution in [0.2, 0.25) is 5.02 Å². The number of nitrogens with zero attached hydrogens (tertiary/aromatic N) is 4. The summed E-state index contributed by atoms with van der Waals surface area (Å²) in [6.07, 6.45) is 2.11. The number of halogens is 2. The Kier molecular flexibility index (Phi) is 5.24. The van der Waals surface area contributed by atoms with Gasteiger partial charge in [0.2, 0.25) is 11.8 Å². The molecule has 32 heavy (non-hydrogen) atoms. The van der Waals surface area contributed by atoms with Crippen LogP contribution in [0.1, 0.15) is 36.1 Å².